The summed E-state index contributed by atoms with van der Waals surface area (Å²) >= 11 is 0. The number of alkyl halides is 3. The maximum absolute atomic E-state index is 13.1. The molecule has 0 aliphatic rings. The Morgan fingerprint density at radius 2 is 1.60 bits per heavy atom. The van der Waals surface area contributed by atoms with Crippen molar-refractivity contribution in [3.05, 3.63) is 53.7 Å². The highest BCUT2D eigenvalue weighted by atomic mass is 19.4. The molecule has 0 atom stereocenters. The molecular formula is C20H18F3N7. The number of halogens is 3. The number of nitrogens with one attached hydrogen (secondary N) is 2. The second-order valence-electron chi connectivity index (χ2n) is 7.40. The highest BCUT2D eigenvalue weighted by Crippen LogP contribution is 2.29. The van der Waals surface area contributed by atoms with Crippen LogP contribution in [0.2, 0.25) is 0 Å². The van der Waals surface area contributed by atoms with E-state index in [1.165, 1.54) is 12.1 Å². The van der Waals surface area contributed by atoms with E-state index in [-0.39, 0.29) is 23.4 Å². The molecule has 0 fully saturated rings. The topological polar surface area (TPSA) is 99.4 Å². The second kappa shape index (κ2) is 7.94. The van der Waals surface area contributed by atoms with Gasteiger partial charge in [-0.15, -0.1) is 0 Å². The minimum Gasteiger partial charge on any atom is -0.349 e. The molecule has 10 heteroatoms. The van der Waals surface area contributed by atoms with Crippen molar-refractivity contribution >= 4 is 17.6 Å². The van der Waals surface area contributed by atoms with Gasteiger partial charge >= 0.3 is 6.18 Å². The van der Waals surface area contributed by atoms with Crippen molar-refractivity contribution in [3.8, 4) is 17.6 Å². The smallest absolute Gasteiger partial charge is 0.349 e. The molecule has 2 aromatic heterocycles. The van der Waals surface area contributed by atoms with Crippen molar-refractivity contribution in [2.24, 2.45) is 0 Å². The Labute approximate surface area is 171 Å². The van der Waals surface area contributed by atoms with Crippen LogP contribution in [0.15, 0.2) is 42.5 Å². The lowest BCUT2D eigenvalue weighted by Crippen LogP contribution is -2.27. The molecule has 0 bridgehead atoms. The van der Waals surface area contributed by atoms with Crippen molar-refractivity contribution in [2.75, 3.05) is 10.6 Å². The van der Waals surface area contributed by atoms with E-state index < -0.39 is 17.4 Å². The fourth-order valence-corrected chi connectivity index (χ4v) is 2.45. The van der Waals surface area contributed by atoms with Gasteiger partial charge in [0.25, 0.3) is 0 Å². The first-order chi connectivity index (χ1) is 14.0. The molecule has 0 amide bonds. The number of nitrogens with zero attached hydrogens (tertiary/aromatic N) is 5. The molecule has 2 heterocycles. The normalized spacial score (nSPS) is 11.6. The molecule has 0 radical (unpaired) electrons. The lowest BCUT2D eigenvalue weighted by atomic mass is 10.1. The quantitative estimate of drug-likeness (QED) is 0.635. The van der Waals surface area contributed by atoms with Crippen molar-refractivity contribution in [2.45, 2.75) is 32.5 Å². The van der Waals surface area contributed by atoms with Crippen LogP contribution in [-0.2, 0) is 6.18 Å². The second-order valence-corrected chi connectivity index (χ2v) is 7.40. The minimum atomic E-state index is -4.59. The number of anilines is 3. The van der Waals surface area contributed by atoms with E-state index in [9.17, 15) is 13.2 Å². The molecule has 2 N–H and O–H groups in total. The van der Waals surface area contributed by atoms with Crippen LogP contribution in [0.5, 0.6) is 0 Å². The first kappa shape index (κ1) is 21.0. The van der Waals surface area contributed by atoms with Crippen molar-refractivity contribution < 1.29 is 13.2 Å². The number of rotatable bonds is 4. The Kier molecular flexibility index (Phi) is 5.56. The summed E-state index contributed by atoms with van der Waals surface area (Å²) in [6, 6.07) is 12.2. The zero-order chi connectivity index (χ0) is 21.9. The summed E-state index contributed by atoms with van der Waals surface area (Å²) in [5, 5.41) is 15.1. The third kappa shape index (κ3) is 5.41. The average molecular weight is 413 g/mol. The fraction of sp³-hybridized carbons (Fsp3) is 0.250. The standard InChI is InChI=1S/C20H18F3N7/c1-19(2,3)30-18-28-16(14-8-5-9-15(26-14)20(21,22)23)27-17(29-18)25-13-7-4-6-12(10-13)11-24/h4-10H,1-3H3,(H2,25,27,28,29,30). The summed E-state index contributed by atoms with van der Waals surface area (Å²) in [7, 11) is 0. The van der Waals surface area contributed by atoms with E-state index >= 15 is 0 Å². The van der Waals surface area contributed by atoms with Gasteiger partial charge in [0, 0.05) is 11.2 Å². The monoisotopic (exact) mass is 413 g/mol. The molecule has 154 valence electrons. The van der Waals surface area contributed by atoms with Crippen LogP contribution in [0.3, 0.4) is 0 Å². The SMILES string of the molecule is CC(C)(C)Nc1nc(Nc2cccc(C#N)c2)nc(-c2cccc(C(F)(F)F)n2)n1. The van der Waals surface area contributed by atoms with E-state index in [0.29, 0.717) is 11.3 Å². The number of nitriles is 1. The van der Waals surface area contributed by atoms with Gasteiger partial charge in [-0.3, -0.25) is 0 Å². The molecule has 30 heavy (non-hydrogen) atoms. The molecular weight excluding hydrogens is 395 g/mol. The van der Waals surface area contributed by atoms with Gasteiger partial charge in [-0.25, -0.2) is 4.98 Å². The lowest BCUT2D eigenvalue weighted by molar-refractivity contribution is -0.141. The zero-order valence-corrected chi connectivity index (χ0v) is 16.4. The first-order valence-electron chi connectivity index (χ1n) is 8.89. The third-order valence-electron chi connectivity index (χ3n) is 3.64. The third-order valence-corrected chi connectivity index (χ3v) is 3.64. The van der Waals surface area contributed by atoms with E-state index in [0.717, 1.165) is 6.07 Å². The molecule has 0 aliphatic heterocycles. The van der Waals surface area contributed by atoms with Crippen molar-refractivity contribution in [3.63, 3.8) is 0 Å². The predicted molar refractivity (Wildman–Crippen MR) is 106 cm³/mol. The predicted octanol–water partition coefficient (Wildman–Crippen LogP) is 4.78. The maximum atomic E-state index is 13.1. The summed E-state index contributed by atoms with van der Waals surface area (Å²) < 4.78 is 39.2. The first-order valence-corrected chi connectivity index (χ1v) is 8.89. The molecule has 3 aromatic rings. The Hall–Kier alpha value is -3.74. The van der Waals surface area contributed by atoms with Crippen molar-refractivity contribution in [1.29, 1.82) is 5.26 Å². The summed E-state index contributed by atoms with van der Waals surface area (Å²) in [4.78, 5) is 16.4. The summed E-state index contributed by atoms with van der Waals surface area (Å²) in [5.41, 5.74) is -0.510. The van der Waals surface area contributed by atoms with Gasteiger partial charge in [0.1, 0.15) is 11.4 Å². The maximum Gasteiger partial charge on any atom is 0.433 e. The van der Waals surface area contributed by atoms with Crippen LogP contribution in [0.25, 0.3) is 11.5 Å². The number of benzene rings is 1. The van der Waals surface area contributed by atoms with Crippen LogP contribution in [0.1, 0.15) is 32.0 Å². The highest BCUT2D eigenvalue weighted by molar-refractivity contribution is 5.60. The van der Waals surface area contributed by atoms with Crippen LogP contribution in [-0.4, -0.2) is 25.5 Å². The number of hydrogen-bond acceptors (Lipinski definition) is 7. The number of aromatic nitrogens is 4. The molecule has 0 spiro atoms. The number of pyridine rings is 1. The van der Waals surface area contributed by atoms with Gasteiger partial charge in [-0.1, -0.05) is 12.1 Å². The molecule has 3 rings (SSSR count). The zero-order valence-electron chi connectivity index (χ0n) is 16.4. The van der Waals surface area contributed by atoms with Crippen molar-refractivity contribution in [1.82, 2.24) is 19.9 Å². The van der Waals surface area contributed by atoms with Gasteiger partial charge in [0.15, 0.2) is 5.82 Å². The molecule has 0 saturated heterocycles. The van der Waals surface area contributed by atoms with Gasteiger partial charge < -0.3 is 10.6 Å². The molecule has 0 aliphatic carbocycles. The molecule has 7 nitrogen and oxygen atoms in total. The van der Waals surface area contributed by atoms with Gasteiger partial charge in [-0.2, -0.15) is 33.4 Å². The van der Waals surface area contributed by atoms with E-state index in [4.69, 9.17) is 5.26 Å². The lowest BCUT2D eigenvalue weighted by Gasteiger charge is -2.21. The highest BCUT2D eigenvalue weighted by Gasteiger charge is 2.32. The van der Waals surface area contributed by atoms with E-state index in [1.807, 2.05) is 26.8 Å². The fourth-order valence-electron chi connectivity index (χ4n) is 2.45. The Morgan fingerprint density at radius 3 is 2.27 bits per heavy atom. The largest absolute Gasteiger partial charge is 0.433 e. The molecule has 1 aromatic carbocycles. The van der Waals surface area contributed by atoms with E-state index in [1.54, 1.807) is 24.3 Å². The Bertz CT molecular complexity index is 1100. The number of hydrogen-bond donors (Lipinski definition) is 2. The molecule has 0 saturated carbocycles. The summed E-state index contributed by atoms with van der Waals surface area (Å²) in [6.07, 6.45) is -4.59. The molecule has 0 unspecified atom stereocenters. The Morgan fingerprint density at radius 1 is 0.900 bits per heavy atom. The summed E-state index contributed by atoms with van der Waals surface area (Å²) in [6.45, 7) is 5.67. The van der Waals surface area contributed by atoms with E-state index in [2.05, 4.69) is 30.6 Å². The van der Waals surface area contributed by atoms with Crippen LogP contribution < -0.4 is 10.6 Å². The summed E-state index contributed by atoms with van der Waals surface area (Å²) in [5.74, 6) is 0.244. The average Bonchev–Trinajstić information content (AvgIpc) is 2.66. The van der Waals surface area contributed by atoms with Gasteiger partial charge in [0.05, 0.1) is 11.6 Å². The van der Waals surface area contributed by atoms with Crippen LogP contribution in [0.4, 0.5) is 30.8 Å². The van der Waals surface area contributed by atoms with Crippen LogP contribution >= 0.6 is 0 Å². The van der Waals surface area contributed by atoms with Gasteiger partial charge in [-0.05, 0) is 51.1 Å². The Balaban J connectivity index is 2.05. The van der Waals surface area contributed by atoms with Crippen LogP contribution in [0, 0.1) is 11.3 Å². The minimum absolute atomic E-state index is 0.0261. The van der Waals surface area contributed by atoms with Gasteiger partial charge in [0.2, 0.25) is 11.9 Å².